The van der Waals surface area contributed by atoms with Gasteiger partial charge in [-0.2, -0.15) is 4.98 Å². The summed E-state index contributed by atoms with van der Waals surface area (Å²) in [7, 11) is 0. The van der Waals surface area contributed by atoms with Crippen LogP contribution in [0, 0.1) is 0 Å². The number of rotatable bonds is 3. The highest BCUT2D eigenvalue weighted by Gasteiger charge is 2.14. The molecule has 1 aliphatic heterocycles. The first-order chi connectivity index (χ1) is 19.3. The molecule has 0 atom stereocenters. The molecule has 0 spiro atoms. The van der Waals surface area contributed by atoms with Crippen LogP contribution in [0.15, 0.2) is 45.3 Å². The lowest BCUT2D eigenvalue weighted by Crippen LogP contribution is -2.04. The minimum atomic E-state index is -0.0884. The number of aromatic nitrogens is 6. The SMILES string of the molecule is C1CCOC1.Clc1nc(Cl)c2[nH]c3cc(Br)ccc3c2n1.OCCOc1nc(Cl)nc2c1[nH]c1cc(Br)ccc12. The molecule has 0 bridgehead atoms. The van der Waals surface area contributed by atoms with Crippen molar-refractivity contribution in [3.05, 3.63) is 61.1 Å². The van der Waals surface area contributed by atoms with E-state index < -0.39 is 0 Å². The lowest BCUT2D eigenvalue weighted by molar-refractivity contribution is 0.198. The normalized spacial score (nSPS) is 12.9. The van der Waals surface area contributed by atoms with Crippen molar-refractivity contribution in [3.8, 4) is 5.88 Å². The second kappa shape index (κ2) is 13.2. The van der Waals surface area contributed by atoms with Gasteiger partial charge in [-0.1, -0.05) is 43.5 Å². The van der Waals surface area contributed by atoms with Gasteiger partial charge in [0.15, 0.2) is 5.15 Å². The summed E-state index contributed by atoms with van der Waals surface area (Å²) in [4.78, 5) is 22.7. The second-order valence-corrected chi connectivity index (χ2v) is 11.4. The van der Waals surface area contributed by atoms with Gasteiger partial charge in [0, 0.05) is 44.0 Å². The highest BCUT2D eigenvalue weighted by Crippen LogP contribution is 2.32. The first-order valence-corrected chi connectivity index (χ1v) is 14.8. The standard InChI is InChI=1S/C12H9BrClN3O2.C10H4BrCl2N3.C4H8O/c13-6-1-2-7-8(5-6)15-10-9(7)16-12(14)17-11(10)19-4-3-18;11-4-1-2-5-6(3-4)14-8-7(5)15-10(13)16-9(8)12;1-2-4-5-3-1/h1-2,5,15,18H,3-4H2;1-3,14H;1-4H2. The van der Waals surface area contributed by atoms with Crippen molar-refractivity contribution in [3.63, 3.8) is 0 Å². The molecule has 7 rings (SSSR count). The average Bonchev–Trinajstić information content (AvgIpc) is 3.68. The lowest BCUT2D eigenvalue weighted by atomic mass is 10.2. The maximum atomic E-state index is 8.83. The van der Waals surface area contributed by atoms with Crippen LogP contribution in [0.1, 0.15) is 12.8 Å². The van der Waals surface area contributed by atoms with Crippen molar-refractivity contribution in [1.82, 2.24) is 29.9 Å². The predicted molar refractivity (Wildman–Crippen MR) is 166 cm³/mol. The molecule has 1 saturated heterocycles. The van der Waals surface area contributed by atoms with Crippen LogP contribution in [0.5, 0.6) is 5.88 Å². The van der Waals surface area contributed by atoms with Gasteiger partial charge in [-0.05, 0) is 72.4 Å². The molecule has 6 aromatic rings. The Kier molecular flexibility index (Phi) is 9.62. The van der Waals surface area contributed by atoms with E-state index in [9.17, 15) is 0 Å². The third kappa shape index (κ3) is 6.62. The Bertz CT molecular complexity index is 1800. The van der Waals surface area contributed by atoms with E-state index in [0.717, 1.165) is 49.5 Å². The quantitative estimate of drug-likeness (QED) is 0.125. The molecule has 2 aromatic carbocycles. The Hall–Kier alpha value is -2.25. The largest absolute Gasteiger partial charge is 0.474 e. The van der Waals surface area contributed by atoms with Crippen molar-refractivity contribution in [2.24, 2.45) is 0 Å². The van der Waals surface area contributed by atoms with Crippen LogP contribution >= 0.6 is 66.7 Å². The summed E-state index contributed by atoms with van der Waals surface area (Å²) in [5, 5.41) is 11.3. The number of halogens is 5. The van der Waals surface area contributed by atoms with Gasteiger partial charge in [-0.3, -0.25) is 0 Å². The van der Waals surface area contributed by atoms with E-state index in [1.807, 2.05) is 36.4 Å². The Labute approximate surface area is 259 Å². The number of hydrogen-bond acceptors (Lipinski definition) is 7. The number of benzene rings is 2. The van der Waals surface area contributed by atoms with E-state index in [4.69, 9.17) is 49.4 Å². The molecule has 9 nitrogen and oxygen atoms in total. The van der Waals surface area contributed by atoms with Gasteiger partial charge in [0.25, 0.3) is 0 Å². The lowest BCUT2D eigenvalue weighted by Gasteiger charge is -2.04. The number of H-pyrrole nitrogens is 2. The van der Waals surface area contributed by atoms with E-state index >= 15 is 0 Å². The summed E-state index contributed by atoms with van der Waals surface area (Å²) >= 11 is 24.5. The molecule has 4 aromatic heterocycles. The highest BCUT2D eigenvalue weighted by atomic mass is 79.9. The van der Waals surface area contributed by atoms with Crippen molar-refractivity contribution < 1.29 is 14.6 Å². The van der Waals surface area contributed by atoms with Crippen LogP contribution < -0.4 is 4.74 Å². The molecule has 40 heavy (non-hydrogen) atoms. The van der Waals surface area contributed by atoms with Gasteiger partial charge in [0.05, 0.1) is 6.61 Å². The summed E-state index contributed by atoms with van der Waals surface area (Å²) in [6, 6.07) is 11.7. The maximum absolute atomic E-state index is 8.83. The number of aromatic amines is 2. The Balaban J connectivity index is 0.000000139. The summed E-state index contributed by atoms with van der Waals surface area (Å²) in [5.41, 5.74) is 4.69. The summed E-state index contributed by atoms with van der Waals surface area (Å²) in [6.45, 7) is 2.07. The average molecular weight is 732 g/mol. The van der Waals surface area contributed by atoms with E-state index in [1.165, 1.54) is 12.8 Å². The molecule has 3 N–H and O–H groups in total. The number of ether oxygens (including phenoxy) is 2. The smallest absolute Gasteiger partial charge is 0.242 e. The molecule has 0 amide bonds. The molecule has 0 aliphatic carbocycles. The van der Waals surface area contributed by atoms with Crippen molar-refractivity contribution >= 4 is 111 Å². The molecule has 208 valence electrons. The zero-order valence-corrected chi connectivity index (χ0v) is 26.1. The molecule has 5 heterocycles. The van der Waals surface area contributed by atoms with E-state index in [2.05, 4.69) is 61.8 Å². The van der Waals surface area contributed by atoms with Crippen molar-refractivity contribution in [1.29, 1.82) is 0 Å². The molecule has 1 aliphatic rings. The van der Waals surface area contributed by atoms with Gasteiger partial charge in [-0.25, -0.2) is 15.0 Å². The van der Waals surface area contributed by atoms with Crippen molar-refractivity contribution in [2.45, 2.75) is 12.8 Å². The molecular formula is C26H21Br2Cl3N6O3. The van der Waals surface area contributed by atoms with Crippen molar-refractivity contribution in [2.75, 3.05) is 26.4 Å². The molecular weight excluding hydrogens is 710 g/mol. The minimum absolute atomic E-state index is 0.0884. The van der Waals surface area contributed by atoms with Gasteiger partial charge in [0.1, 0.15) is 28.7 Å². The van der Waals surface area contributed by atoms with Crippen LogP contribution in [-0.2, 0) is 4.74 Å². The fourth-order valence-electron chi connectivity index (χ4n) is 4.11. The van der Waals surface area contributed by atoms with E-state index in [-0.39, 0.29) is 23.8 Å². The zero-order chi connectivity index (χ0) is 28.2. The first kappa shape index (κ1) is 29.2. The van der Waals surface area contributed by atoms with Crippen LogP contribution in [0.25, 0.3) is 43.9 Å². The third-order valence-corrected chi connectivity index (χ3v) is 7.43. The number of hydrogen-bond donors (Lipinski definition) is 3. The zero-order valence-electron chi connectivity index (χ0n) is 20.6. The minimum Gasteiger partial charge on any atom is -0.474 e. The molecule has 0 radical (unpaired) electrons. The topological polar surface area (TPSA) is 122 Å². The van der Waals surface area contributed by atoms with Crippen LogP contribution in [-0.4, -0.2) is 61.4 Å². The van der Waals surface area contributed by atoms with Crippen LogP contribution in [0.4, 0.5) is 0 Å². The number of fused-ring (bicyclic) bond motifs is 6. The molecule has 0 saturated carbocycles. The number of aliphatic hydroxyl groups is 1. The predicted octanol–water partition coefficient (Wildman–Crippen LogP) is 7.88. The van der Waals surface area contributed by atoms with E-state index in [0.29, 0.717) is 27.6 Å². The van der Waals surface area contributed by atoms with Crippen LogP contribution in [0.3, 0.4) is 0 Å². The molecule has 1 fully saturated rings. The Morgan fingerprint density at radius 3 is 1.90 bits per heavy atom. The highest BCUT2D eigenvalue weighted by molar-refractivity contribution is 9.10. The molecule has 0 unspecified atom stereocenters. The summed E-state index contributed by atoms with van der Waals surface area (Å²) in [6.07, 6.45) is 2.56. The Morgan fingerprint density at radius 1 is 0.800 bits per heavy atom. The fourth-order valence-corrected chi connectivity index (χ4v) is 5.43. The monoisotopic (exact) mass is 728 g/mol. The van der Waals surface area contributed by atoms with Gasteiger partial charge >= 0.3 is 0 Å². The second-order valence-electron chi connectivity index (χ2n) is 8.55. The molecule has 14 heteroatoms. The number of nitrogens with zero attached hydrogens (tertiary/aromatic N) is 4. The van der Waals surface area contributed by atoms with Gasteiger partial charge in [0.2, 0.25) is 16.4 Å². The summed E-state index contributed by atoms with van der Waals surface area (Å²) in [5.74, 6) is 0.344. The first-order valence-electron chi connectivity index (χ1n) is 12.1. The van der Waals surface area contributed by atoms with Gasteiger partial charge in [-0.15, -0.1) is 0 Å². The maximum Gasteiger partial charge on any atom is 0.242 e. The summed E-state index contributed by atoms with van der Waals surface area (Å²) < 4.78 is 12.3. The van der Waals surface area contributed by atoms with Crippen LogP contribution in [0.2, 0.25) is 15.7 Å². The fraction of sp³-hybridized carbons (Fsp3) is 0.231. The van der Waals surface area contributed by atoms with Gasteiger partial charge < -0.3 is 24.5 Å². The van der Waals surface area contributed by atoms with E-state index in [1.54, 1.807) is 0 Å². The number of nitrogens with one attached hydrogen (secondary N) is 2. The number of aliphatic hydroxyl groups excluding tert-OH is 1. The third-order valence-electron chi connectivity index (χ3n) is 5.84. The Morgan fingerprint density at radius 2 is 1.35 bits per heavy atom.